The van der Waals surface area contributed by atoms with Gasteiger partial charge in [0, 0.05) is 24.5 Å². The summed E-state index contributed by atoms with van der Waals surface area (Å²) in [6, 6.07) is 8.10. The van der Waals surface area contributed by atoms with Crippen molar-refractivity contribution in [2.75, 3.05) is 35.4 Å². The summed E-state index contributed by atoms with van der Waals surface area (Å²) in [5.74, 6) is -2.49. The van der Waals surface area contributed by atoms with Crippen molar-refractivity contribution >= 4 is 86.4 Å². The number of halogens is 5. The Balaban J connectivity index is 0.000000227. The average Bonchev–Trinajstić information content (AvgIpc) is 3.48. The minimum Gasteiger partial charge on any atom is -0.478 e. The molecule has 0 spiro atoms. The Hall–Kier alpha value is -8.32. The molecule has 0 aliphatic carbocycles. The molecule has 1 aliphatic rings. The molecule has 368 valence electrons. The molecule has 0 saturated carbocycles. The highest BCUT2D eigenvalue weighted by Crippen LogP contribution is 2.39. The third-order valence-electron chi connectivity index (χ3n) is 9.89. The van der Waals surface area contributed by atoms with Gasteiger partial charge in [-0.2, -0.15) is 33.4 Å². The summed E-state index contributed by atoms with van der Waals surface area (Å²) in [6.45, 7) is 18.5. The van der Waals surface area contributed by atoms with Gasteiger partial charge in [0.15, 0.2) is 33.7 Å². The first-order valence-electron chi connectivity index (χ1n) is 20.5. The van der Waals surface area contributed by atoms with E-state index in [9.17, 15) is 36.7 Å². The smallest absolute Gasteiger partial charge is 0.419 e. The van der Waals surface area contributed by atoms with Crippen molar-refractivity contribution in [3.8, 4) is 17.8 Å². The minimum atomic E-state index is -4.91. The van der Waals surface area contributed by atoms with E-state index >= 15 is 4.39 Å². The highest BCUT2D eigenvalue weighted by molar-refractivity contribution is 7.81. The fraction of sp³-hybridized carbons (Fsp3) is 0.289. The highest BCUT2D eigenvalue weighted by atomic mass is 32.1. The van der Waals surface area contributed by atoms with E-state index in [1.54, 1.807) is 33.8 Å². The largest absolute Gasteiger partial charge is 0.478 e. The number of carbonyl (C=O) groups excluding carboxylic acids is 2. The molecule has 1 N–H and O–H groups in total. The number of methoxy groups -OCH3 is 1. The molecule has 0 aromatic carbocycles. The van der Waals surface area contributed by atoms with Gasteiger partial charge in [-0.05, 0) is 90.6 Å². The maximum Gasteiger partial charge on any atom is 0.419 e. The second-order valence-corrected chi connectivity index (χ2v) is 16.2. The van der Waals surface area contributed by atoms with E-state index in [2.05, 4.69) is 57.2 Å². The van der Waals surface area contributed by atoms with Crippen LogP contribution < -0.4 is 35.7 Å². The summed E-state index contributed by atoms with van der Waals surface area (Å²) in [5, 5.41) is 13.8. The number of nitrogens with zero attached hydrogens (tertiary/aromatic N) is 11. The minimum absolute atomic E-state index is 0.0171. The number of isothiocyanates is 1. The van der Waals surface area contributed by atoms with Crippen LogP contribution >= 0.6 is 24.4 Å². The van der Waals surface area contributed by atoms with Crippen molar-refractivity contribution in [3.63, 3.8) is 0 Å². The first-order chi connectivity index (χ1) is 33.4. The summed E-state index contributed by atoms with van der Waals surface area (Å²) >= 11 is 9.85. The number of esters is 1. The number of fused-ring (bicyclic) bond motifs is 2. The second-order valence-electron chi connectivity index (χ2n) is 15.6. The van der Waals surface area contributed by atoms with Gasteiger partial charge in [-0.15, -0.1) is 4.98 Å². The van der Waals surface area contributed by atoms with Crippen LogP contribution in [0, 0.1) is 36.5 Å². The van der Waals surface area contributed by atoms with Crippen LogP contribution in [0.15, 0.2) is 75.8 Å². The van der Waals surface area contributed by atoms with Crippen molar-refractivity contribution in [3.05, 3.63) is 122 Å². The third kappa shape index (κ3) is 11.6. The molecule has 6 aromatic heterocycles. The van der Waals surface area contributed by atoms with Gasteiger partial charge < -0.3 is 29.3 Å². The number of pyridine rings is 4. The number of nitriles is 1. The van der Waals surface area contributed by atoms with Crippen LogP contribution in [0.4, 0.5) is 50.5 Å². The number of amides is 1. The quantitative estimate of drug-likeness (QED) is 0.0457. The zero-order valence-electron chi connectivity index (χ0n) is 38.7. The molecule has 0 atom stereocenters. The maximum atomic E-state index is 15.1. The van der Waals surface area contributed by atoms with E-state index < -0.39 is 63.1 Å². The van der Waals surface area contributed by atoms with Crippen LogP contribution in [0.3, 0.4) is 0 Å². The molecule has 1 amide bonds. The summed E-state index contributed by atoms with van der Waals surface area (Å²) in [6.07, 6.45) is 0.0895. The molecule has 0 bridgehead atoms. The monoisotopic (exact) mass is 1020 g/mol. The maximum absolute atomic E-state index is 15.1. The predicted octanol–water partition coefficient (Wildman–Crippen LogP) is 7.71. The fourth-order valence-electron chi connectivity index (χ4n) is 6.69. The number of aryl methyl sites for hydroxylation is 1. The number of anilines is 3. The third-order valence-corrected chi connectivity index (χ3v) is 10.4. The van der Waals surface area contributed by atoms with Crippen LogP contribution in [-0.4, -0.2) is 82.3 Å². The molecule has 26 heteroatoms. The van der Waals surface area contributed by atoms with Gasteiger partial charge in [-0.3, -0.25) is 28.1 Å². The van der Waals surface area contributed by atoms with Gasteiger partial charge in [0.25, 0.3) is 22.8 Å². The lowest BCUT2D eigenvalue weighted by Gasteiger charge is -2.29. The van der Waals surface area contributed by atoms with Gasteiger partial charge in [0.05, 0.1) is 66.4 Å². The van der Waals surface area contributed by atoms with E-state index in [4.69, 9.17) is 33.5 Å². The van der Waals surface area contributed by atoms with Crippen LogP contribution in [0.1, 0.15) is 58.4 Å². The summed E-state index contributed by atoms with van der Waals surface area (Å²) < 4.78 is 86.7. The summed E-state index contributed by atoms with van der Waals surface area (Å²) in [4.78, 5) is 74.0. The molecule has 0 radical (unpaired) electrons. The average molecular weight is 1020 g/mol. The van der Waals surface area contributed by atoms with E-state index in [1.165, 1.54) is 56.6 Å². The number of aromatic nitrogens is 6. The SMILES string of the molecule is CCOc1cc(=O)n2cc(N3C(=S)N(c4cnc(C#N)c(C(F)(F)F)c4)C(=O)C3(C)C)cc(F)c2n1.CCOc1cc(=O)n2cc(NC(C)(C)C(=O)OC)cc(F)c2n1.[C-]#[N+]c1ncc(N=C=S)cc1C. The first kappa shape index (κ1) is 53.6. The molecule has 7 heterocycles. The van der Waals surface area contributed by atoms with Crippen molar-refractivity contribution in [2.24, 2.45) is 4.99 Å². The van der Waals surface area contributed by atoms with Crippen LogP contribution in [0.5, 0.6) is 11.8 Å². The summed E-state index contributed by atoms with van der Waals surface area (Å²) in [7, 11) is 1.26. The molecule has 1 fully saturated rings. The van der Waals surface area contributed by atoms with Gasteiger partial charge in [0.2, 0.25) is 11.8 Å². The molecule has 1 aliphatic heterocycles. The Morgan fingerprint density at radius 3 is 2.00 bits per heavy atom. The number of thiocarbonyl (C=S) groups is 2. The van der Waals surface area contributed by atoms with E-state index in [1.807, 2.05) is 6.92 Å². The van der Waals surface area contributed by atoms with Crippen LogP contribution in [0.25, 0.3) is 16.1 Å². The number of ether oxygens (including phenoxy) is 3. The lowest BCUT2D eigenvalue weighted by atomic mass is 10.0. The summed E-state index contributed by atoms with van der Waals surface area (Å²) in [5.41, 5.74) is -5.07. The Kier molecular flexibility index (Phi) is 16.3. The number of hydrogen-bond donors (Lipinski definition) is 1. The standard InChI is InChI=1S/C22H16F4N6O3S.C15H18FN3O4.C8H5N3S/c1-4-35-16-7-17(33)30-10-12(6-14(23)18(30)29-16)32-20(36)31(19(34)21(32,2)3)11-5-13(22(24,25)26)15(8-27)28-9-11;1-5-23-11-7-12(20)19-8-9(6-10(16)13(19)17-11)18-15(2,3)14(21)22-4;1-6-3-7(11-5-12)4-10-8(6)9-2/h5-7,9-10H,4H2,1-3H3;6-8,18H,5H2,1-4H3;3-4H,1H3. The molecule has 1 saturated heterocycles. The number of carbonyl (C=O) groups is 2. The molecular weight excluding hydrogens is 980 g/mol. The number of alkyl halides is 3. The van der Waals surface area contributed by atoms with E-state index in [-0.39, 0.29) is 51.8 Å². The van der Waals surface area contributed by atoms with Gasteiger partial charge in [-0.25, -0.2) is 18.6 Å². The highest BCUT2D eigenvalue weighted by Gasteiger charge is 2.51. The topological polar surface area (TPSA) is 215 Å². The predicted molar refractivity (Wildman–Crippen MR) is 255 cm³/mol. The normalized spacial score (nSPS) is 12.9. The zero-order valence-corrected chi connectivity index (χ0v) is 40.3. The molecular formula is C45H39F5N12O7S2. The lowest BCUT2D eigenvalue weighted by molar-refractivity contribution is -0.144. The van der Waals surface area contributed by atoms with Crippen molar-refractivity contribution in [2.45, 2.75) is 65.7 Å². The fourth-order valence-corrected chi connectivity index (χ4v) is 7.32. The number of nitrogens with one attached hydrogen (secondary N) is 1. The van der Waals surface area contributed by atoms with Gasteiger partial charge in [0.1, 0.15) is 29.0 Å². The Labute approximate surface area is 410 Å². The molecule has 0 unspecified atom stereocenters. The van der Waals surface area contributed by atoms with Gasteiger partial charge in [-0.1, -0.05) is 6.57 Å². The molecule has 7 rings (SSSR count). The van der Waals surface area contributed by atoms with Crippen LogP contribution in [0.2, 0.25) is 0 Å². The van der Waals surface area contributed by atoms with E-state index in [0.717, 1.165) is 43.7 Å². The number of aliphatic imine (C=N–C) groups is 1. The van der Waals surface area contributed by atoms with Crippen LogP contribution in [-0.2, 0) is 20.5 Å². The zero-order chi connectivity index (χ0) is 52.7. The van der Waals surface area contributed by atoms with Crippen molar-refractivity contribution < 1.29 is 45.8 Å². The molecule has 19 nitrogen and oxygen atoms in total. The number of rotatable bonds is 10. The Bertz CT molecular complexity index is 3360. The molecule has 6 aromatic rings. The molecule has 71 heavy (non-hydrogen) atoms. The van der Waals surface area contributed by atoms with Crippen molar-refractivity contribution in [1.82, 2.24) is 28.7 Å². The Morgan fingerprint density at radius 1 is 0.915 bits per heavy atom. The van der Waals surface area contributed by atoms with E-state index in [0.29, 0.717) is 24.2 Å². The number of hydrogen-bond acceptors (Lipinski definition) is 16. The Morgan fingerprint density at radius 2 is 1.49 bits per heavy atom. The second kappa shape index (κ2) is 21.5. The van der Waals surface area contributed by atoms with Gasteiger partial charge >= 0.3 is 12.1 Å². The lowest BCUT2D eigenvalue weighted by Crippen LogP contribution is -2.44. The first-order valence-corrected chi connectivity index (χ1v) is 21.3. The van der Waals surface area contributed by atoms with Crippen molar-refractivity contribution in [1.29, 1.82) is 5.26 Å².